The lowest BCUT2D eigenvalue weighted by Gasteiger charge is -2.40. The van der Waals surface area contributed by atoms with Crippen LogP contribution in [0.2, 0.25) is 5.02 Å². The van der Waals surface area contributed by atoms with E-state index in [1.807, 2.05) is 11.9 Å². The van der Waals surface area contributed by atoms with Gasteiger partial charge in [-0.2, -0.15) is 0 Å². The van der Waals surface area contributed by atoms with Crippen molar-refractivity contribution >= 4 is 17.5 Å². The van der Waals surface area contributed by atoms with E-state index in [1.165, 1.54) is 0 Å². The molecule has 0 bridgehead atoms. The van der Waals surface area contributed by atoms with E-state index in [-0.39, 0.29) is 18.1 Å². The lowest BCUT2D eigenvalue weighted by molar-refractivity contribution is -0.0463. The third-order valence-corrected chi connectivity index (χ3v) is 5.12. The smallest absolute Gasteiger partial charge is 0.270 e. The number of hydrogen-bond acceptors (Lipinski definition) is 3. The molecule has 3 atom stereocenters. The molecule has 5 nitrogen and oxygen atoms in total. The van der Waals surface area contributed by atoms with Crippen LogP contribution in [0.15, 0.2) is 12.3 Å². The number of carbonyl (C=O) groups is 1. The Bertz CT molecular complexity index is 545. The maximum absolute atomic E-state index is 12.9. The van der Waals surface area contributed by atoms with Crippen molar-refractivity contribution in [2.75, 3.05) is 26.9 Å². The second kappa shape index (κ2) is 6.60. The monoisotopic (exact) mass is 326 g/mol. The van der Waals surface area contributed by atoms with E-state index in [2.05, 4.69) is 0 Å². The van der Waals surface area contributed by atoms with Crippen molar-refractivity contribution in [1.82, 2.24) is 9.47 Å². The lowest BCUT2D eigenvalue weighted by Crippen LogP contribution is -2.54. The number of ether oxygens (including phenoxy) is 2. The molecule has 1 aliphatic heterocycles. The SMILES string of the molecule is CO[C@@H]1CCC[C@@H]1[C@H]1COCCN1C(=O)c1cc(Cl)cn1C. The number of nitrogens with zero attached hydrogens (tertiary/aromatic N) is 2. The van der Waals surface area contributed by atoms with Crippen LogP contribution >= 0.6 is 11.6 Å². The minimum atomic E-state index is 0.0319. The molecule has 0 aromatic carbocycles. The van der Waals surface area contributed by atoms with Gasteiger partial charge in [-0.15, -0.1) is 0 Å². The van der Waals surface area contributed by atoms with Crippen LogP contribution in [0.3, 0.4) is 0 Å². The maximum Gasteiger partial charge on any atom is 0.270 e. The zero-order chi connectivity index (χ0) is 15.7. The number of hydrogen-bond donors (Lipinski definition) is 0. The van der Waals surface area contributed by atoms with Crippen LogP contribution in [-0.2, 0) is 16.5 Å². The van der Waals surface area contributed by atoms with E-state index >= 15 is 0 Å². The van der Waals surface area contributed by atoms with Crippen molar-refractivity contribution in [3.8, 4) is 0 Å². The summed E-state index contributed by atoms with van der Waals surface area (Å²) in [5.74, 6) is 0.384. The van der Waals surface area contributed by atoms with Gasteiger partial charge in [-0.05, 0) is 18.9 Å². The van der Waals surface area contributed by atoms with Crippen molar-refractivity contribution in [3.05, 3.63) is 23.0 Å². The Morgan fingerprint density at radius 3 is 2.95 bits per heavy atom. The molecule has 3 rings (SSSR count). The molecule has 0 spiro atoms. The number of amides is 1. The van der Waals surface area contributed by atoms with Gasteiger partial charge in [0.25, 0.3) is 5.91 Å². The first-order chi connectivity index (χ1) is 10.6. The van der Waals surface area contributed by atoms with E-state index in [1.54, 1.807) is 23.9 Å². The molecule has 0 N–H and O–H groups in total. The molecule has 1 aromatic heterocycles. The van der Waals surface area contributed by atoms with Gasteiger partial charge in [0.05, 0.1) is 30.4 Å². The van der Waals surface area contributed by atoms with E-state index in [4.69, 9.17) is 21.1 Å². The summed E-state index contributed by atoms with van der Waals surface area (Å²) in [6, 6.07) is 1.82. The molecule has 6 heteroatoms. The molecule has 1 saturated heterocycles. The van der Waals surface area contributed by atoms with Crippen LogP contribution in [0.5, 0.6) is 0 Å². The molecular weight excluding hydrogens is 304 g/mol. The molecule has 1 aromatic rings. The van der Waals surface area contributed by atoms with E-state index in [0.717, 1.165) is 19.3 Å². The zero-order valence-corrected chi connectivity index (χ0v) is 13.9. The van der Waals surface area contributed by atoms with Gasteiger partial charge in [-0.1, -0.05) is 18.0 Å². The van der Waals surface area contributed by atoms with Crippen molar-refractivity contribution < 1.29 is 14.3 Å². The van der Waals surface area contributed by atoms with Gasteiger partial charge in [-0.3, -0.25) is 4.79 Å². The second-order valence-corrected chi connectivity index (χ2v) is 6.60. The van der Waals surface area contributed by atoms with Crippen LogP contribution < -0.4 is 0 Å². The Labute approximate surface area is 136 Å². The quantitative estimate of drug-likeness (QED) is 0.856. The Morgan fingerprint density at radius 1 is 1.45 bits per heavy atom. The summed E-state index contributed by atoms with van der Waals surface area (Å²) in [5.41, 5.74) is 0.629. The number of aromatic nitrogens is 1. The fourth-order valence-corrected chi connectivity index (χ4v) is 4.05. The summed E-state index contributed by atoms with van der Waals surface area (Å²) < 4.78 is 13.1. The van der Waals surface area contributed by atoms with Gasteiger partial charge >= 0.3 is 0 Å². The lowest BCUT2D eigenvalue weighted by atomic mass is 9.94. The molecule has 1 aliphatic carbocycles. The molecule has 1 saturated carbocycles. The average Bonchev–Trinajstić information content (AvgIpc) is 3.12. The largest absolute Gasteiger partial charge is 0.381 e. The normalized spacial score (nSPS) is 29.0. The fraction of sp³-hybridized carbons (Fsp3) is 0.688. The standard InChI is InChI=1S/C16H23ClN2O3/c1-18-9-11(17)8-13(18)16(20)19-6-7-22-10-14(19)12-4-3-5-15(12)21-2/h8-9,12,14-15H,3-7,10H2,1-2H3/t12-,14-,15-/m1/s1. The van der Waals surface area contributed by atoms with Gasteiger partial charge in [-0.25, -0.2) is 0 Å². The predicted octanol–water partition coefficient (Wildman–Crippen LogP) is 2.33. The van der Waals surface area contributed by atoms with Gasteiger partial charge in [0.15, 0.2) is 0 Å². The van der Waals surface area contributed by atoms with Crippen molar-refractivity contribution in [3.63, 3.8) is 0 Å². The van der Waals surface area contributed by atoms with E-state index in [0.29, 0.717) is 36.4 Å². The highest BCUT2D eigenvalue weighted by Gasteiger charge is 2.40. The highest BCUT2D eigenvalue weighted by Crippen LogP contribution is 2.34. The Balaban J connectivity index is 1.83. The van der Waals surface area contributed by atoms with Gasteiger partial charge in [0.2, 0.25) is 0 Å². The molecule has 2 aliphatic rings. The molecular formula is C16H23ClN2O3. The van der Waals surface area contributed by atoms with Crippen LogP contribution in [0.25, 0.3) is 0 Å². The number of aryl methyl sites for hydroxylation is 1. The summed E-state index contributed by atoms with van der Waals surface area (Å²) in [5, 5.41) is 0.589. The number of rotatable bonds is 3. The molecule has 2 fully saturated rings. The molecule has 122 valence electrons. The first-order valence-corrected chi connectivity index (χ1v) is 8.23. The number of methoxy groups -OCH3 is 1. The number of carbonyl (C=O) groups excluding carboxylic acids is 1. The summed E-state index contributed by atoms with van der Waals surface area (Å²) in [4.78, 5) is 14.9. The number of halogens is 1. The van der Waals surface area contributed by atoms with Gasteiger partial charge in [0.1, 0.15) is 5.69 Å². The van der Waals surface area contributed by atoms with Crippen LogP contribution in [0.4, 0.5) is 0 Å². The van der Waals surface area contributed by atoms with Crippen LogP contribution in [0.1, 0.15) is 29.8 Å². The molecule has 0 unspecified atom stereocenters. The topological polar surface area (TPSA) is 43.7 Å². The highest BCUT2D eigenvalue weighted by molar-refractivity contribution is 6.31. The van der Waals surface area contributed by atoms with Crippen molar-refractivity contribution in [1.29, 1.82) is 0 Å². The first-order valence-electron chi connectivity index (χ1n) is 7.85. The summed E-state index contributed by atoms with van der Waals surface area (Å²) in [6.45, 7) is 1.80. The molecule has 2 heterocycles. The average molecular weight is 327 g/mol. The van der Waals surface area contributed by atoms with E-state index < -0.39 is 0 Å². The van der Waals surface area contributed by atoms with E-state index in [9.17, 15) is 4.79 Å². The minimum Gasteiger partial charge on any atom is -0.381 e. The third kappa shape index (κ3) is 2.90. The predicted molar refractivity (Wildman–Crippen MR) is 84.2 cm³/mol. The number of morpholine rings is 1. The van der Waals surface area contributed by atoms with Gasteiger partial charge in [0, 0.05) is 32.8 Å². The highest BCUT2D eigenvalue weighted by atomic mass is 35.5. The summed E-state index contributed by atoms with van der Waals surface area (Å²) >= 11 is 6.02. The minimum absolute atomic E-state index is 0.0319. The zero-order valence-electron chi connectivity index (χ0n) is 13.1. The van der Waals surface area contributed by atoms with Gasteiger partial charge < -0.3 is 18.9 Å². The Kier molecular flexibility index (Phi) is 4.76. The fourth-order valence-electron chi connectivity index (χ4n) is 3.80. The second-order valence-electron chi connectivity index (χ2n) is 6.16. The molecule has 22 heavy (non-hydrogen) atoms. The van der Waals surface area contributed by atoms with Crippen molar-refractivity contribution in [2.45, 2.75) is 31.4 Å². The van der Waals surface area contributed by atoms with Crippen LogP contribution in [0, 0.1) is 5.92 Å². The first kappa shape index (κ1) is 15.8. The molecule has 1 amide bonds. The summed E-state index contributed by atoms with van der Waals surface area (Å²) in [7, 11) is 3.61. The van der Waals surface area contributed by atoms with Crippen molar-refractivity contribution in [2.24, 2.45) is 13.0 Å². The maximum atomic E-state index is 12.9. The molecule has 0 radical (unpaired) electrons. The Hall–Kier alpha value is -1.04. The van der Waals surface area contributed by atoms with Crippen LogP contribution in [-0.4, -0.2) is 54.4 Å². The third-order valence-electron chi connectivity index (χ3n) is 4.92. The summed E-state index contributed by atoms with van der Waals surface area (Å²) in [6.07, 6.45) is 5.29. The Morgan fingerprint density at radius 2 is 2.27 bits per heavy atom.